The van der Waals surface area contributed by atoms with Crippen molar-refractivity contribution in [2.75, 3.05) is 12.5 Å². The number of hydrogen-bond acceptors (Lipinski definition) is 8. The minimum Gasteiger partial charge on any atom is -0.465 e. The lowest BCUT2D eigenvalue weighted by Crippen LogP contribution is -2.30. The molecular weight excluding hydrogens is 595 g/mol. The van der Waals surface area contributed by atoms with Crippen LogP contribution in [-0.4, -0.2) is 45.1 Å². The molecule has 2 aromatic carbocycles. The van der Waals surface area contributed by atoms with Crippen LogP contribution in [-0.2, 0) is 48.3 Å². The molecule has 3 aromatic rings. The summed E-state index contributed by atoms with van der Waals surface area (Å²) in [6, 6.07) is 5.81. The third-order valence-electron chi connectivity index (χ3n) is 6.37. The summed E-state index contributed by atoms with van der Waals surface area (Å²) in [5.41, 5.74) is -0.0216. The van der Waals surface area contributed by atoms with Crippen molar-refractivity contribution >= 4 is 37.2 Å². The van der Waals surface area contributed by atoms with Gasteiger partial charge in [0.1, 0.15) is 12.4 Å². The summed E-state index contributed by atoms with van der Waals surface area (Å²) in [7, 11) is -8.93. The first-order valence-corrected chi connectivity index (χ1v) is 15.6. The number of alkyl halides is 3. The molecule has 15 heteroatoms. The van der Waals surface area contributed by atoms with Crippen LogP contribution >= 0.6 is 11.6 Å². The van der Waals surface area contributed by atoms with Crippen LogP contribution in [0.25, 0.3) is 0 Å². The lowest BCUT2D eigenvalue weighted by atomic mass is 9.93. The maximum atomic E-state index is 13.7. The average molecular weight is 620 g/mol. The lowest BCUT2D eigenvalue weighted by molar-refractivity contribution is -0.144. The Hall–Kier alpha value is -2.94. The molecule has 4 rings (SSSR count). The number of halogens is 4. The zero-order valence-electron chi connectivity index (χ0n) is 21.1. The van der Waals surface area contributed by atoms with Gasteiger partial charge in [-0.2, -0.15) is 18.3 Å². The van der Waals surface area contributed by atoms with Crippen LogP contribution in [0.5, 0.6) is 0 Å². The number of nitrogens with one attached hydrogen (secondary N) is 1. The second kappa shape index (κ2) is 11.5. The van der Waals surface area contributed by atoms with Crippen LogP contribution < -0.4 is 5.32 Å². The van der Waals surface area contributed by atoms with Crippen molar-refractivity contribution in [2.24, 2.45) is 0 Å². The minimum absolute atomic E-state index is 0.108. The minimum atomic E-state index is -5.00. The molecule has 1 atom stereocenters. The number of ether oxygens (including phenoxy) is 1. The molecule has 0 saturated carbocycles. The summed E-state index contributed by atoms with van der Waals surface area (Å²) in [5.74, 6) is -1.23. The van der Waals surface area contributed by atoms with Crippen LogP contribution in [0.3, 0.4) is 0 Å². The van der Waals surface area contributed by atoms with Gasteiger partial charge in [0.15, 0.2) is 9.84 Å². The molecular formula is C25H25ClF3N3O6S2. The highest BCUT2D eigenvalue weighted by atomic mass is 35.5. The summed E-state index contributed by atoms with van der Waals surface area (Å²) >= 11 is 5.79. The van der Waals surface area contributed by atoms with Crippen molar-refractivity contribution in [1.82, 2.24) is 15.1 Å². The molecule has 1 N–H and O–H groups in total. The van der Waals surface area contributed by atoms with Crippen LogP contribution in [0, 0.1) is 0 Å². The van der Waals surface area contributed by atoms with E-state index in [1.54, 1.807) is 6.92 Å². The Morgan fingerprint density at radius 2 is 1.77 bits per heavy atom. The summed E-state index contributed by atoms with van der Waals surface area (Å²) in [6.45, 7) is 1.78. The molecule has 1 aliphatic carbocycles. The fraction of sp³-hybridized carbons (Fsp3) is 0.360. The number of carbonyl (C=O) groups excluding carboxylic acids is 1. The first-order valence-electron chi connectivity index (χ1n) is 12.1. The van der Waals surface area contributed by atoms with Crippen molar-refractivity contribution < 1.29 is 39.5 Å². The number of benzene rings is 2. The van der Waals surface area contributed by atoms with E-state index in [2.05, 4.69) is 10.4 Å². The van der Waals surface area contributed by atoms with Gasteiger partial charge in [-0.1, -0.05) is 11.6 Å². The Morgan fingerprint density at radius 3 is 2.42 bits per heavy atom. The number of hydrogen-bond donors (Lipinski definition) is 1. The van der Waals surface area contributed by atoms with E-state index < -0.39 is 59.1 Å². The molecule has 40 heavy (non-hydrogen) atoms. The Labute approximate surface area is 234 Å². The second-order valence-electron chi connectivity index (χ2n) is 9.07. The zero-order valence-corrected chi connectivity index (χ0v) is 23.5. The van der Waals surface area contributed by atoms with Gasteiger partial charge in [0.05, 0.1) is 33.1 Å². The smallest absolute Gasteiger partial charge is 0.416 e. The van der Waals surface area contributed by atoms with E-state index in [9.17, 15) is 34.8 Å². The van der Waals surface area contributed by atoms with Gasteiger partial charge in [0.2, 0.25) is 9.84 Å². The Kier molecular flexibility index (Phi) is 8.64. The van der Waals surface area contributed by atoms with E-state index in [0.29, 0.717) is 37.0 Å². The van der Waals surface area contributed by atoms with Gasteiger partial charge in [-0.25, -0.2) is 16.8 Å². The molecule has 1 heterocycles. The van der Waals surface area contributed by atoms with E-state index in [0.717, 1.165) is 23.9 Å². The summed E-state index contributed by atoms with van der Waals surface area (Å²) < 4.78 is 100. The number of nitrogens with zero attached hydrogens (tertiary/aromatic N) is 2. The van der Waals surface area contributed by atoms with E-state index in [1.807, 2.05) is 0 Å². The number of esters is 1. The first-order chi connectivity index (χ1) is 18.7. The second-order valence-corrected chi connectivity index (χ2v) is 13.4. The fourth-order valence-electron chi connectivity index (χ4n) is 4.41. The highest BCUT2D eigenvalue weighted by Crippen LogP contribution is 2.35. The highest BCUT2D eigenvalue weighted by molar-refractivity contribution is 7.92. The molecule has 0 spiro atoms. The monoisotopic (exact) mass is 619 g/mol. The normalized spacial score (nSPS) is 16.0. The fourth-order valence-corrected chi connectivity index (χ4v) is 7.14. The zero-order chi connectivity index (χ0) is 29.3. The van der Waals surface area contributed by atoms with Gasteiger partial charge in [-0.3, -0.25) is 14.8 Å². The number of rotatable bonds is 9. The first kappa shape index (κ1) is 30.0. The Balaban J connectivity index is 1.63. The highest BCUT2D eigenvalue weighted by Gasteiger charge is 2.35. The van der Waals surface area contributed by atoms with Gasteiger partial charge in [-0.05, 0) is 68.7 Å². The third kappa shape index (κ3) is 6.51. The number of aromatic nitrogens is 2. The number of sulfone groups is 2. The van der Waals surface area contributed by atoms with Gasteiger partial charge in [0, 0.05) is 22.3 Å². The number of fused-ring (bicyclic) bond motifs is 1. The molecule has 1 unspecified atom stereocenters. The van der Waals surface area contributed by atoms with E-state index in [-0.39, 0.29) is 23.1 Å². The molecule has 216 valence electrons. The maximum Gasteiger partial charge on any atom is 0.416 e. The SMILES string of the molecule is CCOC(=O)Cn1ncc2c1CCCC2NCS(=O)(=O)c1cc(C(F)(F)F)cc(S(=O)(=O)c2ccc(Cl)cc2)c1. The van der Waals surface area contributed by atoms with Crippen LogP contribution in [0.4, 0.5) is 13.2 Å². The van der Waals surface area contributed by atoms with Crippen molar-refractivity contribution in [3.63, 3.8) is 0 Å². The van der Waals surface area contributed by atoms with Gasteiger partial charge in [-0.15, -0.1) is 0 Å². The Bertz CT molecular complexity index is 1620. The van der Waals surface area contributed by atoms with Gasteiger partial charge in [0.25, 0.3) is 0 Å². The van der Waals surface area contributed by atoms with E-state index >= 15 is 0 Å². The summed E-state index contributed by atoms with van der Waals surface area (Å²) in [6.07, 6.45) is -1.73. The molecule has 0 saturated heterocycles. The summed E-state index contributed by atoms with van der Waals surface area (Å²) in [4.78, 5) is 9.93. The molecule has 1 aliphatic rings. The molecule has 0 aliphatic heterocycles. The summed E-state index contributed by atoms with van der Waals surface area (Å²) in [5, 5.41) is 7.29. The molecule has 0 fully saturated rings. The average Bonchev–Trinajstić information content (AvgIpc) is 3.30. The molecule has 9 nitrogen and oxygen atoms in total. The van der Waals surface area contributed by atoms with Crippen LogP contribution in [0.15, 0.2) is 63.3 Å². The molecule has 0 radical (unpaired) electrons. The predicted molar refractivity (Wildman–Crippen MR) is 138 cm³/mol. The topological polar surface area (TPSA) is 124 Å². The van der Waals surface area contributed by atoms with Crippen LogP contribution in [0.2, 0.25) is 5.02 Å². The number of carbonyl (C=O) groups is 1. The van der Waals surface area contributed by atoms with Crippen molar-refractivity contribution in [1.29, 1.82) is 0 Å². The van der Waals surface area contributed by atoms with Crippen molar-refractivity contribution in [3.8, 4) is 0 Å². The molecule has 0 bridgehead atoms. The van der Waals surface area contributed by atoms with Gasteiger partial charge >= 0.3 is 12.1 Å². The lowest BCUT2D eigenvalue weighted by Gasteiger charge is -2.24. The quantitative estimate of drug-likeness (QED) is 0.351. The maximum absolute atomic E-state index is 13.7. The third-order valence-corrected chi connectivity index (χ3v) is 9.87. The largest absolute Gasteiger partial charge is 0.465 e. The Morgan fingerprint density at radius 1 is 1.10 bits per heavy atom. The van der Waals surface area contributed by atoms with Gasteiger partial charge < -0.3 is 4.74 Å². The van der Waals surface area contributed by atoms with Crippen molar-refractivity contribution in [3.05, 3.63) is 70.5 Å². The van der Waals surface area contributed by atoms with E-state index in [1.165, 1.54) is 23.0 Å². The molecule has 1 aromatic heterocycles. The predicted octanol–water partition coefficient (Wildman–Crippen LogP) is 4.35. The van der Waals surface area contributed by atoms with Crippen LogP contribution in [0.1, 0.15) is 42.6 Å². The standard InChI is InChI=1S/C25H25ClF3N3O6S2/c1-2-38-24(33)14-32-23-5-3-4-22(21(23)13-31-32)30-15-39(34,35)19-10-16(25(27,28)29)11-20(12-19)40(36,37)18-8-6-17(26)7-9-18/h6-13,22,30H,2-5,14-15H2,1H3. The molecule has 0 amide bonds. The van der Waals surface area contributed by atoms with Crippen molar-refractivity contribution in [2.45, 2.75) is 59.6 Å². The van der Waals surface area contributed by atoms with E-state index in [4.69, 9.17) is 16.3 Å².